The SMILES string of the molecule is CCN(c1ccccc1)S(=O)(=O)c1cccc2c(NC(=O)c3ccccc3)cccc12. The van der Waals surface area contributed by atoms with Gasteiger partial charge in [0.1, 0.15) is 0 Å². The molecule has 0 unspecified atom stereocenters. The highest BCUT2D eigenvalue weighted by molar-refractivity contribution is 7.93. The lowest BCUT2D eigenvalue weighted by atomic mass is 10.1. The van der Waals surface area contributed by atoms with E-state index in [4.69, 9.17) is 0 Å². The van der Waals surface area contributed by atoms with E-state index in [1.54, 1.807) is 73.7 Å². The molecule has 0 atom stereocenters. The van der Waals surface area contributed by atoms with E-state index in [1.807, 2.05) is 30.3 Å². The molecule has 4 aromatic carbocycles. The minimum absolute atomic E-state index is 0.200. The number of benzene rings is 4. The van der Waals surface area contributed by atoms with E-state index < -0.39 is 10.0 Å². The van der Waals surface area contributed by atoms with Crippen molar-refractivity contribution in [2.75, 3.05) is 16.2 Å². The van der Waals surface area contributed by atoms with Crippen molar-refractivity contribution in [1.29, 1.82) is 0 Å². The summed E-state index contributed by atoms with van der Waals surface area (Å²) in [5.41, 5.74) is 1.70. The third kappa shape index (κ3) is 4.02. The Balaban J connectivity index is 1.78. The molecule has 0 saturated heterocycles. The molecule has 5 nitrogen and oxygen atoms in total. The van der Waals surface area contributed by atoms with Gasteiger partial charge in [0.15, 0.2) is 0 Å². The minimum atomic E-state index is -3.81. The van der Waals surface area contributed by atoms with Gasteiger partial charge in [-0.3, -0.25) is 9.10 Å². The lowest BCUT2D eigenvalue weighted by molar-refractivity contribution is 0.102. The second-order valence-electron chi connectivity index (χ2n) is 6.98. The van der Waals surface area contributed by atoms with Gasteiger partial charge in [0.05, 0.1) is 10.6 Å². The average Bonchev–Trinajstić information content (AvgIpc) is 2.80. The van der Waals surface area contributed by atoms with E-state index in [2.05, 4.69) is 5.32 Å². The Labute approximate surface area is 182 Å². The third-order valence-corrected chi connectivity index (χ3v) is 7.03. The van der Waals surface area contributed by atoms with Crippen molar-refractivity contribution in [2.24, 2.45) is 0 Å². The number of hydrogen-bond donors (Lipinski definition) is 1. The third-order valence-electron chi connectivity index (χ3n) is 5.07. The first kappa shape index (κ1) is 20.6. The van der Waals surface area contributed by atoms with Crippen molar-refractivity contribution in [3.63, 3.8) is 0 Å². The topological polar surface area (TPSA) is 66.5 Å². The van der Waals surface area contributed by atoms with Crippen molar-refractivity contribution >= 4 is 38.1 Å². The molecule has 6 heteroatoms. The Kier molecular flexibility index (Phi) is 5.73. The number of para-hydroxylation sites is 1. The van der Waals surface area contributed by atoms with E-state index >= 15 is 0 Å². The van der Waals surface area contributed by atoms with Crippen molar-refractivity contribution in [3.8, 4) is 0 Å². The zero-order valence-electron chi connectivity index (χ0n) is 17.0. The first-order valence-corrected chi connectivity index (χ1v) is 11.4. The quantitative estimate of drug-likeness (QED) is 0.451. The molecular weight excluding hydrogens is 408 g/mol. The van der Waals surface area contributed by atoms with E-state index in [0.29, 0.717) is 34.3 Å². The second kappa shape index (κ2) is 8.62. The van der Waals surface area contributed by atoms with Gasteiger partial charge in [-0.25, -0.2) is 8.42 Å². The molecule has 1 amide bonds. The highest BCUT2D eigenvalue weighted by Gasteiger charge is 2.26. The van der Waals surface area contributed by atoms with Crippen LogP contribution in [0.4, 0.5) is 11.4 Å². The monoisotopic (exact) mass is 430 g/mol. The maximum atomic E-state index is 13.6. The van der Waals surface area contributed by atoms with Crippen LogP contribution >= 0.6 is 0 Å². The molecule has 0 spiro atoms. The van der Waals surface area contributed by atoms with Gasteiger partial charge in [0.2, 0.25) is 0 Å². The van der Waals surface area contributed by atoms with Crippen LogP contribution in [-0.4, -0.2) is 20.9 Å². The Morgan fingerprint density at radius 3 is 2.06 bits per heavy atom. The average molecular weight is 431 g/mol. The highest BCUT2D eigenvalue weighted by Crippen LogP contribution is 2.32. The molecule has 0 bridgehead atoms. The second-order valence-corrected chi connectivity index (χ2v) is 8.81. The van der Waals surface area contributed by atoms with Gasteiger partial charge in [-0.1, -0.05) is 60.7 Å². The van der Waals surface area contributed by atoms with Crippen LogP contribution < -0.4 is 9.62 Å². The maximum Gasteiger partial charge on any atom is 0.264 e. The zero-order valence-corrected chi connectivity index (χ0v) is 17.8. The van der Waals surface area contributed by atoms with Crippen molar-refractivity contribution < 1.29 is 13.2 Å². The lowest BCUT2D eigenvalue weighted by Crippen LogP contribution is -2.30. The number of amides is 1. The molecule has 0 aliphatic heterocycles. The van der Waals surface area contributed by atoms with Crippen LogP contribution in [0, 0.1) is 0 Å². The van der Waals surface area contributed by atoms with Crippen molar-refractivity contribution in [3.05, 3.63) is 103 Å². The Morgan fingerprint density at radius 1 is 0.774 bits per heavy atom. The predicted octanol–water partition coefficient (Wildman–Crippen LogP) is 5.31. The summed E-state index contributed by atoms with van der Waals surface area (Å²) >= 11 is 0. The van der Waals surface area contributed by atoms with Crippen LogP contribution in [0.1, 0.15) is 17.3 Å². The summed E-state index contributed by atoms with van der Waals surface area (Å²) in [6.45, 7) is 2.11. The van der Waals surface area contributed by atoms with E-state index in [9.17, 15) is 13.2 Å². The number of hydrogen-bond acceptors (Lipinski definition) is 3. The van der Waals surface area contributed by atoms with Gasteiger partial charge >= 0.3 is 0 Å². The molecule has 0 aliphatic rings. The van der Waals surface area contributed by atoms with Crippen molar-refractivity contribution in [1.82, 2.24) is 0 Å². The summed E-state index contributed by atoms with van der Waals surface area (Å²) in [5.74, 6) is -0.249. The van der Waals surface area contributed by atoms with Crippen LogP contribution in [0.2, 0.25) is 0 Å². The molecule has 4 aromatic rings. The molecule has 4 rings (SSSR count). The number of sulfonamides is 1. The number of carbonyl (C=O) groups excluding carboxylic acids is 1. The Hall–Kier alpha value is -3.64. The first-order valence-electron chi connectivity index (χ1n) is 9.98. The highest BCUT2D eigenvalue weighted by atomic mass is 32.2. The number of nitrogens with one attached hydrogen (secondary N) is 1. The van der Waals surface area contributed by atoms with Gasteiger partial charge in [0.25, 0.3) is 15.9 Å². The molecule has 0 radical (unpaired) electrons. The first-order chi connectivity index (χ1) is 15.0. The normalized spacial score (nSPS) is 11.3. The number of anilines is 2. The van der Waals surface area contributed by atoms with Gasteiger partial charge in [-0.05, 0) is 43.3 Å². The van der Waals surface area contributed by atoms with Crippen LogP contribution in [0.3, 0.4) is 0 Å². The van der Waals surface area contributed by atoms with Crippen LogP contribution in [0.5, 0.6) is 0 Å². The number of nitrogens with zero attached hydrogens (tertiary/aromatic N) is 1. The summed E-state index contributed by atoms with van der Waals surface area (Å²) < 4.78 is 28.5. The fourth-order valence-corrected chi connectivity index (χ4v) is 5.29. The van der Waals surface area contributed by atoms with Gasteiger partial charge in [0, 0.05) is 28.6 Å². The Morgan fingerprint density at radius 2 is 1.39 bits per heavy atom. The smallest absolute Gasteiger partial charge is 0.264 e. The molecule has 1 N–H and O–H groups in total. The number of carbonyl (C=O) groups is 1. The molecule has 0 saturated carbocycles. The summed E-state index contributed by atoms with van der Waals surface area (Å²) in [6.07, 6.45) is 0. The molecule has 0 aliphatic carbocycles. The molecule has 0 fully saturated rings. The largest absolute Gasteiger partial charge is 0.321 e. The van der Waals surface area contributed by atoms with E-state index in [1.165, 1.54) is 4.31 Å². The van der Waals surface area contributed by atoms with Crippen LogP contribution in [0.15, 0.2) is 102 Å². The Bertz CT molecular complexity index is 1320. The van der Waals surface area contributed by atoms with Crippen LogP contribution in [-0.2, 0) is 10.0 Å². The standard InChI is InChI=1S/C25H22N2O3S/c1-2-27(20-13-7-4-8-14-20)31(29,30)24-18-10-15-21-22(24)16-9-17-23(21)26-25(28)19-11-5-3-6-12-19/h3-18H,2H2,1H3,(H,26,28). The van der Waals surface area contributed by atoms with Crippen molar-refractivity contribution in [2.45, 2.75) is 11.8 Å². The maximum absolute atomic E-state index is 13.6. The van der Waals surface area contributed by atoms with Crippen LogP contribution in [0.25, 0.3) is 10.8 Å². The minimum Gasteiger partial charge on any atom is -0.321 e. The van der Waals surface area contributed by atoms with E-state index in [0.717, 1.165) is 0 Å². The summed E-state index contributed by atoms with van der Waals surface area (Å²) in [7, 11) is -3.81. The lowest BCUT2D eigenvalue weighted by Gasteiger charge is -2.24. The fourth-order valence-electron chi connectivity index (χ4n) is 3.60. The summed E-state index contributed by atoms with van der Waals surface area (Å²) in [6, 6.07) is 28.3. The number of rotatable bonds is 6. The zero-order chi connectivity index (χ0) is 21.8. The van der Waals surface area contributed by atoms with Gasteiger partial charge in [-0.2, -0.15) is 0 Å². The predicted molar refractivity (Wildman–Crippen MR) is 125 cm³/mol. The molecule has 31 heavy (non-hydrogen) atoms. The summed E-state index contributed by atoms with van der Waals surface area (Å²) in [4.78, 5) is 12.8. The fraction of sp³-hybridized carbons (Fsp3) is 0.0800. The molecule has 0 heterocycles. The molecule has 0 aromatic heterocycles. The summed E-state index contributed by atoms with van der Waals surface area (Å²) in [5, 5.41) is 4.13. The van der Waals surface area contributed by atoms with Gasteiger partial charge in [-0.15, -0.1) is 0 Å². The molecular formula is C25H22N2O3S. The van der Waals surface area contributed by atoms with E-state index in [-0.39, 0.29) is 10.8 Å². The molecule has 156 valence electrons. The number of fused-ring (bicyclic) bond motifs is 1. The van der Waals surface area contributed by atoms with Gasteiger partial charge < -0.3 is 5.32 Å².